The molecule has 0 saturated carbocycles. The summed E-state index contributed by atoms with van der Waals surface area (Å²) >= 11 is 0. The van der Waals surface area contributed by atoms with E-state index in [1.54, 1.807) is 19.1 Å². The van der Waals surface area contributed by atoms with E-state index in [0.717, 1.165) is 18.4 Å². The molecule has 0 spiro atoms. The molecule has 0 aliphatic heterocycles. The van der Waals surface area contributed by atoms with E-state index in [9.17, 15) is 4.79 Å². The molecule has 1 rings (SSSR count). The molecule has 0 aliphatic rings. The lowest BCUT2D eigenvalue weighted by Gasteiger charge is -2.10. The van der Waals surface area contributed by atoms with E-state index in [2.05, 4.69) is 11.4 Å². The van der Waals surface area contributed by atoms with Gasteiger partial charge in [-0.05, 0) is 37.5 Å². The fourth-order valence-electron chi connectivity index (χ4n) is 1.65. The van der Waals surface area contributed by atoms with Crippen molar-refractivity contribution in [3.63, 3.8) is 0 Å². The predicted molar refractivity (Wildman–Crippen MR) is 79.0 cm³/mol. The SMILES string of the molecule is C[C@H](CO)NC(=O)c1cccc(/C=C\CCCC#N)c1. The molecule has 0 aromatic heterocycles. The maximum Gasteiger partial charge on any atom is 0.251 e. The fourth-order valence-corrected chi connectivity index (χ4v) is 1.65. The van der Waals surface area contributed by atoms with Crippen molar-refractivity contribution in [2.75, 3.05) is 6.61 Å². The van der Waals surface area contributed by atoms with E-state index in [1.165, 1.54) is 0 Å². The number of hydrogen-bond donors (Lipinski definition) is 2. The Balaban J connectivity index is 2.61. The number of nitrogens with one attached hydrogen (secondary N) is 1. The van der Waals surface area contributed by atoms with Crippen LogP contribution in [-0.2, 0) is 0 Å². The molecule has 1 amide bonds. The van der Waals surface area contributed by atoms with Gasteiger partial charge in [-0.1, -0.05) is 24.3 Å². The summed E-state index contributed by atoms with van der Waals surface area (Å²) in [5.41, 5.74) is 1.52. The van der Waals surface area contributed by atoms with Crippen molar-refractivity contribution < 1.29 is 9.90 Å². The molecule has 4 heteroatoms. The summed E-state index contributed by atoms with van der Waals surface area (Å²) in [6, 6.07) is 9.15. The molecular formula is C16H20N2O2. The quantitative estimate of drug-likeness (QED) is 0.749. The predicted octanol–water partition coefficient (Wildman–Crippen LogP) is 2.50. The number of rotatable bonds is 7. The zero-order chi connectivity index (χ0) is 14.8. The molecular weight excluding hydrogens is 252 g/mol. The number of benzene rings is 1. The fraction of sp³-hybridized carbons (Fsp3) is 0.375. The van der Waals surface area contributed by atoms with Gasteiger partial charge >= 0.3 is 0 Å². The molecule has 1 aromatic rings. The number of nitriles is 1. The lowest BCUT2D eigenvalue weighted by Crippen LogP contribution is -2.34. The first-order valence-corrected chi connectivity index (χ1v) is 6.72. The Morgan fingerprint density at radius 2 is 2.35 bits per heavy atom. The summed E-state index contributed by atoms with van der Waals surface area (Å²) in [6.07, 6.45) is 6.22. The van der Waals surface area contributed by atoms with Crippen LogP contribution >= 0.6 is 0 Å². The molecule has 0 fully saturated rings. The van der Waals surface area contributed by atoms with Crippen molar-refractivity contribution in [2.24, 2.45) is 0 Å². The van der Waals surface area contributed by atoms with Crippen molar-refractivity contribution in [3.8, 4) is 6.07 Å². The van der Waals surface area contributed by atoms with E-state index in [1.807, 2.05) is 24.3 Å². The zero-order valence-corrected chi connectivity index (χ0v) is 11.7. The molecule has 0 aliphatic carbocycles. The van der Waals surface area contributed by atoms with Crippen LogP contribution in [0.3, 0.4) is 0 Å². The topological polar surface area (TPSA) is 73.1 Å². The number of allylic oxidation sites excluding steroid dienone is 1. The van der Waals surface area contributed by atoms with E-state index < -0.39 is 0 Å². The molecule has 20 heavy (non-hydrogen) atoms. The average molecular weight is 272 g/mol. The van der Waals surface area contributed by atoms with Crippen LogP contribution in [0.1, 0.15) is 42.1 Å². The second-order valence-electron chi connectivity index (χ2n) is 4.64. The number of aliphatic hydroxyl groups is 1. The number of unbranched alkanes of at least 4 members (excludes halogenated alkanes) is 2. The maximum atomic E-state index is 11.9. The molecule has 0 bridgehead atoms. The first-order chi connectivity index (χ1) is 9.67. The summed E-state index contributed by atoms with van der Waals surface area (Å²) < 4.78 is 0. The van der Waals surface area contributed by atoms with E-state index in [0.29, 0.717) is 12.0 Å². The van der Waals surface area contributed by atoms with Gasteiger partial charge in [0, 0.05) is 18.0 Å². The highest BCUT2D eigenvalue weighted by Gasteiger charge is 2.08. The number of carbonyl (C=O) groups excluding carboxylic acids is 1. The van der Waals surface area contributed by atoms with Crippen LogP contribution in [-0.4, -0.2) is 23.7 Å². The van der Waals surface area contributed by atoms with Gasteiger partial charge in [0.1, 0.15) is 0 Å². The average Bonchev–Trinajstić information content (AvgIpc) is 2.47. The third kappa shape index (κ3) is 5.68. The van der Waals surface area contributed by atoms with Crippen LogP contribution in [0.25, 0.3) is 6.08 Å². The summed E-state index contributed by atoms with van der Waals surface area (Å²) in [7, 11) is 0. The van der Waals surface area contributed by atoms with Crippen LogP contribution in [0.5, 0.6) is 0 Å². The summed E-state index contributed by atoms with van der Waals surface area (Å²) in [5.74, 6) is -0.189. The van der Waals surface area contributed by atoms with Gasteiger partial charge in [0.2, 0.25) is 0 Å². The van der Waals surface area contributed by atoms with Crippen molar-refractivity contribution in [2.45, 2.75) is 32.2 Å². The van der Waals surface area contributed by atoms with Crippen molar-refractivity contribution in [3.05, 3.63) is 41.5 Å². The van der Waals surface area contributed by atoms with Gasteiger partial charge in [-0.2, -0.15) is 5.26 Å². The second kappa shape index (κ2) is 8.89. The minimum Gasteiger partial charge on any atom is -0.394 e. The van der Waals surface area contributed by atoms with Crippen molar-refractivity contribution >= 4 is 12.0 Å². The van der Waals surface area contributed by atoms with Crippen LogP contribution in [0, 0.1) is 11.3 Å². The molecule has 0 saturated heterocycles. The monoisotopic (exact) mass is 272 g/mol. The number of hydrogen-bond acceptors (Lipinski definition) is 3. The number of amides is 1. The Morgan fingerprint density at radius 3 is 3.05 bits per heavy atom. The molecule has 106 valence electrons. The lowest BCUT2D eigenvalue weighted by molar-refractivity contribution is 0.0922. The Bertz CT molecular complexity index is 503. The number of carbonyl (C=O) groups is 1. The van der Waals surface area contributed by atoms with Crippen molar-refractivity contribution in [1.29, 1.82) is 5.26 Å². The molecule has 1 atom stereocenters. The highest BCUT2D eigenvalue weighted by molar-refractivity contribution is 5.94. The Kier molecular flexibility index (Phi) is 7.08. The van der Waals surface area contributed by atoms with Gasteiger partial charge in [0.15, 0.2) is 0 Å². The van der Waals surface area contributed by atoms with Crippen LogP contribution < -0.4 is 5.32 Å². The number of aliphatic hydroxyl groups excluding tert-OH is 1. The maximum absolute atomic E-state index is 11.9. The third-order valence-electron chi connectivity index (χ3n) is 2.77. The zero-order valence-electron chi connectivity index (χ0n) is 11.7. The van der Waals surface area contributed by atoms with Gasteiger partial charge in [0.05, 0.1) is 12.7 Å². The van der Waals surface area contributed by atoms with E-state index in [4.69, 9.17) is 10.4 Å². The van der Waals surface area contributed by atoms with Gasteiger partial charge in [-0.3, -0.25) is 4.79 Å². The minimum atomic E-state index is -0.257. The second-order valence-corrected chi connectivity index (χ2v) is 4.64. The minimum absolute atomic E-state index is 0.0791. The van der Waals surface area contributed by atoms with Crippen LogP contribution in [0.15, 0.2) is 30.3 Å². The molecule has 1 aromatic carbocycles. The standard InChI is InChI=1S/C16H20N2O2/c1-13(12-19)18-16(20)15-9-6-8-14(11-15)7-4-2-3-5-10-17/h4,6-9,11,13,19H,2-3,5,12H2,1H3,(H,18,20)/b7-4-/t13-/m1/s1. The molecule has 0 radical (unpaired) electrons. The Hall–Kier alpha value is -2.12. The molecule has 0 heterocycles. The van der Waals surface area contributed by atoms with Crippen LogP contribution in [0.2, 0.25) is 0 Å². The summed E-state index contributed by atoms with van der Waals surface area (Å²) in [4.78, 5) is 11.9. The molecule has 0 unspecified atom stereocenters. The van der Waals surface area contributed by atoms with Gasteiger partial charge in [0.25, 0.3) is 5.91 Å². The van der Waals surface area contributed by atoms with Crippen molar-refractivity contribution in [1.82, 2.24) is 5.32 Å². The summed E-state index contributed by atoms with van der Waals surface area (Å²) in [6.45, 7) is 1.67. The van der Waals surface area contributed by atoms with Crippen LogP contribution in [0.4, 0.5) is 0 Å². The van der Waals surface area contributed by atoms with Gasteiger partial charge < -0.3 is 10.4 Å². The molecule has 4 nitrogen and oxygen atoms in total. The number of nitrogens with zero attached hydrogens (tertiary/aromatic N) is 1. The van der Waals surface area contributed by atoms with Gasteiger partial charge in [-0.25, -0.2) is 0 Å². The highest BCUT2D eigenvalue weighted by Crippen LogP contribution is 2.09. The van der Waals surface area contributed by atoms with E-state index in [-0.39, 0.29) is 18.6 Å². The largest absolute Gasteiger partial charge is 0.394 e. The summed E-state index contributed by atoms with van der Waals surface area (Å²) in [5, 5.41) is 20.1. The first-order valence-electron chi connectivity index (χ1n) is 6.72. The molecule has 2 N–H and O–H groups in total. The third-order valence-corrected chi connectivity index (χ3v) is 2.77. The highest BCUT2D eigenvalue weighted by atomic mass is 16.3. The van der Waals surface area contributed by atoms with E-state index >= 15 is 0 Å². The van der Waals surface area contributed by atoms with Gasteiger partial charge in [-0.15, -0.1) is 0 Å². The Morgan fingerprint density at radius 1 is 1.55 bits per heavy atom. The lowest BCUT2D eigenvalue weighted by atomic mass is 10.1. The smallest absolute Gasteiger partial charge is 0.251 e. The first kappa shape index (κ1) is 15.9. The normalized spacial score (nSPS) is 12.1. The Labute approximate surface area is 119 Å².